The zero-order chi connectivity index (χ0) is 25.0. The molecule has 1 aliphatic heterocycles. The predicted molar refractivity (Wildman–Crippen MR) is 144 cm³/mol. The van der Waals surface area contributed by atoms with Crippen LogP contribution >= 0.6 is 34.5 Å². The summed E-state index contributed by atoms with van der Waals surface area (Å²) in [6, 6.07) is 18.8. The van der Waals surface area contributed by atoms with E-state index in [0.29, 0.717) is 25.7 Å². The molecule has 1 aromatic heterocycles. The van der Waals surface area contributed by atoms with Gasteiger partial charge in [0, 0.05) is 21.7 Å². The second-order valence-electron chi connectivity index (χ2n) is 8.68. The number of aryl methyl sites for hydroxylation is 1. The number of aromatic hydroxyl groups is 1. The number of hydrogen-bond donors (Lipinski definition) is 1. The van der Waals surface area contributed by atoms with Crippen molar-refractivity contribution in [2.45, 2.75) is 18.9 Å². The molecular formula is C28H20Cl2N2O3S. The number of fused-ring (bicyclic) bond motifs is 3. The topological polar surface area (TPSA) is 63.8 Å². The first-order valence-corrected chi connectivity index (χ1v) is 13.0. The van der Waals surface area contributed by atoms with Gasteiger partial charge >= 0.3 is 0 Å². The Hall–Kier alpha value is -3.32. The van der Waals surface area contributed by atoms with E-state index in [4.69, 9.17) is 32.9 Å². The van der Waals surface area contributed by atoms with Crippen molar-refractivity contribution in [3.05, 3.63) is 118 Å². The van der Waals surface area contributed by atoms with Crippen LogP contribution in [0.5, 0.6) is 11.5 Å². The minimum atomic E-state index is -0.362. The van der Waals surface area contributed by atoms with E-state index in [1.54, 1.807) is 23.8 Å². The van der Waals surface area contributed by atoms with Crippen LogP contribution < -0.4 is 19.6 Å². The summed E-state index contributed by atoms with van der Waals surface area (Å²) in [5.41, 5.74) is 5.42. The molecule has 0 saturated heterocycles. The largest absolute Gasteiger partial charge is 0.506 e. The van der Waals surface area contributed by atoms with Gasteiger partial charge in [-0.25, -0.2) is 4.99 Å². The first-order chi connectivity index (χ1) is 17.5. The summed E-state index contributed by atoms with van der Waals surface area (Å²) in [7, 11) is 1.64. The number of aromatic nitrogens is 1. The molecule has 0 fully saturated rings. The smallest absolute Gasteiger partial charge is 0.271 e. The van der Waals surface area contributed by atoms with Gasteiger partial charge in [-0.05, 0) is 48.3 Å². The third kappa shape index (κ3) is 3.68. The first kappa shape index (κ1) is 23.1. The zero-order valence-electron chi connectivity index (χ0n) is 19.2. The lowest BCUT2D eigenvalue weighted by molar-refractivity contribution is 0.402. The Kier molecular flexibility index (Phi) is 5.75. The maximum atomic E-state index is 13.9. The molecule has 0 unspecified atom stereocenters. The molecule has 1 atom stereocenters. The Morgan fingerprint density at radius 3 is 2.72 bits per heavy atom. The third-order valence-electron chi connectivity index (χ3n) is 6.65. The number of allylic oxidation sites excluding steroid dienone is 1. The lowest BCUT2D eigenvalue weighted by atomic mass is 9.83. The molecule has 180 valence electrons. The van der Waals surface area contributed by atoms with Crippen molar-refractivity contribution in [2.75, 3.05) is 7.11 Å². The van der Waals surface area contributed by atoms with Crippen LogP contribution in [0.15, 0.2) is 76.0 Å². The van der Waals surface area contributed by atoms with Crippen molar-refractivity contribution in [2.24, 2.45) is 4.99 Å². The van der Waals surface area contributed by atoms with Gasteiger partial charge in [0.25, 0.3) is 5.56 Å². The molecule has 0 spiro atoms. The van der Waals surface area contributed by atoms with Crippen LogP contribution in [0.25, 0.3) is 11.8 Å². The van der Waals surface area contributed by atoms with Crippen LogP contribution in [0, 0.1) is 0 Å². The highest BCUT2D eigenvalue weighted by atomic mass is 35.5. The molecule has 1 N–H and O–H groups in total. The number of halogens is 2. The predicted octanol–water partition coefficient (Wildman–Crippen LogP) is 5.34. The summed E-state index contributed by atoms with van der Waals surface area (Å²) in [4.78, 5) is 19.5. The fraction of sp³-hybridized carbons (Fsp3) is 0.143. The average Bonchev–Trinajstić information content (AvgIpc) is 3.20. The van der Waals surface area contributed by atoms with Crippen molar-refractivity contribution >= 4 is 46.3 Å². The number of hydrogen-bond acceptors (Lipinski definition) is 5. The normalized spacial score (nSPS) is 16.8. The number of phenols is 1. The molecule has 6 rings (SSSR count). The van der Waals surface area contributed by atoms with E-state index in [2.05, 4.69) is 12.1 Å². The van der Waals surface area contributed by atoms with Gasteiger partial charge in [0.1, 0.15) is 11.5 Å². The highest BCUT2D eigenvalue weighted by Crippen LogP contribution is 2.43. The second kappa shape index (κ2) is 8.96. The van der Waals surface area contributed by atoms with E-state index < -0.39 is 0 Å². The Morgan fingerprint density at radius 2 is 1.89 bits per heavy atom. The number of benzene rings is 3. The summed E-state index contributed by atoms with van der Waals surface area (Å²) in [6.45, 7) is 0. The molecule has 0 bridgehead atoms. The minimum Gasteiger partial charge on any atom is -0.506 e. The van der Waals surface area contributed by atoms with Gasteiger partial charge in [0.2, 0.25) is 0 Å². The number of thiazole rings is 1. The average molecular weight is 535 g/mol. The van der Waals surface area contributed by atoms with Gasteiger partial charge in [-0.15, -0.1) is 0 Å². The maximum Gasteiger partial charge on any atom is 0.271 e. The minimum absolute atomic E-state index is 0.124. The Labute approximate surface area is 220 Å². The number of phenolic OH excluding ortho intramolecular Hbond substituents is 1. The van der Waals surface area contributed by atoms with Gasteiger partial charge < -0.3 is 9.84 Å². The van der Waals surface area contributed by atoms with Crippen LogP contribution in [0.2, 0.25) is 10.0 Å². The van der Waals surface area contributed by atoms with Gasteiger partial charge in [0.05, 0.1) is 28.4 Å². The molecule has 36 heavy (non-hydrogen) atoms. The van der Waals surface area contributed by atoms with Gasteiger partial charge in [-0.3, -0.25) is 9.36 Å². The van der Waals surface area contributed by atoms with E-state index in [1.165, 1.54) is 23.0 Å². The Balaban J connectivity index is 1.66. The molecular weight excluding hydrogens is 515 g/mol. The van der Waals surface area contributed by atoms with E-state index in [0.717, 1.165) is 35.2 Å². The molecule has 2 heterocycles. The van der Waals surface area contributed by atoms with Crippen LogP contribution in [-0.2, 0) is 6.42 Å². The van der Waals surface area contributed by atoms with E-state index in [-0.39, 0.29) is 22.4 Å². The Bertz CT molecular complexity index is 1750. The summed E-state index contributed by atoms with van der Waals surface area (Å²) < 4.78 is 7.88. The van der Waals surface area contributed by atoms with Gasteiger partial charge in [0.15, 0.2) is 4.80 Å². The monoisotopic (exact) mass is 534 g/mol. The van der Waals surface area contributed by atoms with Crippen LogP contribution in [0.3, 0.4) is 0 Å². The highest BCUT2D eigenvalue weighted by Gasteiger charge is 2.34. The van der Waals surface area contributed by atoms with Crippen molar-refractivity contribution in [3.63, 3.8) is 0 Å². The molecule has 0 radical (unpaired) electrons. The highest BCUT2D eigenvalue weighted by molar-refractivity contribution is 7.07. The van der Waals surface area contributed by atoms with Crippen molar-refractivity contribution in [1.29, 1.82) is 0 Å². The lowest BCUT2D eigenvalue weighted by Crippen LogP contribution is -2.39. The van der Waals surface area contributed by atoms with E-state index in [1.807, 2.05) is 36.4 Å². The first-order valence-electron chi connectivity index (χ1n) is 11.4. The summed E-state index contributed by atoms with van der Waals surface area (Å²) >= 11 is 13.6. The number of rotatable bonds is 3. The fourth-order valence-electron chi connectivity index (χ4n) is 5.03. The van der Waals surface area contributed by atoms with Gasteiger partial charge in [-0.1, -0.05) is 77.0 Å². The van der Waals surface area contributed by atoms with Gasteiger partial charge in [-0.2, -0.15) is 0 Å². The third-order valence-corrected chi connectivity index (χ3v) is 8.14. The number of nitrogens with zero attached hydrogens (tertiary/aromatic N) is 2. The maximum absolute atomic E-state index is 13.9. The van der Waals surface area contributed by atoms with Crippen molar-refractivity contribution < 1.29 is 9.84 Å². The van der Waals surface area contributed by atoms with Crippen LogP contribution in [0.1, 0.15) is 34.7 Å². The molecule has 2 aliphatic rings. The number of para-hydroxylation sites is 1. The Morgan fingerprint density at radius 1 is 1.11 bits per heavy atom. The lowest BCUT2D eigenvalue weighted by Gasteiger charge is -2.31. The molecule has 3 aromatic carbocycles. The van der Waals surface area contributed by atoms with Crippen LogP contribution in [0.4, 0.5) is 0 Å². The number of ether oxygens (including phenoxy) is 1. The molecule has 1 aliphatic carbocycles. The zero-order valence-corrected chi connectivity index (χ0v) is 21.5. The van der Waals surface area contributed by atoms with Crippen molar-refractivity contribution in [3.8, 4) is 11.5 Å². The van der Waals surface area contributed by atoms with E-state index in [9.17, 15) is 9.90 Å². The van der Waals surface area contributed by atoms with Crippen molar-refractivity contribution in [1.82, 2.24) is 4.57 Å². The molecule has 0 amide bonds. The SMILES string of the molecule is COc1ccccc1[C@H]1C2=C(N=c3s/c(=C\c4cc(Cl)cc(Cl)c4O)c(=O)n31)c1ccccc1CC2. The van der Waals surface area contributed by atoms with Crippen LogP contribution in [-0.4, -0.2) is 16.8 Å². The quantitative estimate of drug-likeness (QED) is 0.385. The summed E-state index contributed by atoms with van der Waals surface area (Å²) in [5, 5.41) is 11.0. The fourth-order valence-corrected chi connectivity index (χ4v) is 6.53. The van der Waals surface area contributed by atoms with E-state index >= 15 is 0 Å². The molecule has 5 nitrogen and oxygen atoms in total. The molecule has 0 saturated carbocycles. The molecule has 4 aromatic rings. The standard InChI is InChI=1S/C28H20Cl2N2O3S/c1-35-22-9-5-4-8-19(22)25-20-11-10-15-6-2-3-7-18(15)24(20)31-28-32(25)27(34)23(36-28)13-16-12-17(29)14-21(30)26(16)33/h2-9,12-14,25,33H,10-11H2,1H3/b23-13-/t25-/m0/s1. The number of methoxy groups -OCH3 is 1. The molecule has 8 heteroatoms. The second-order valence-corrected chi connectivity index (χ2v) is 10.5. The summed E-state index contributed by atoms with van der Waals surface area (Å²) in [5.74, 6) is 0.588. The summed E-state index contributed by atoms with van der Waals surface area (Å²) in [6.07, 6.45) is 3.27.